The lowest BCUT2D eigenvalue weighted by molar-refractivity contribution is -0.164. The summed E-state index contributed by atoms with van der Waals surface area (Å²) in [6.07, 6.45) is -3.19. The largest absolute Gasteiger partial charge is 0.477 e. The summed E-state index contributed by atoms with van der Waals surface area (Å²) in [4.78, 5) is 9.92. The molecule has 0 aromatic carbocycles. The van der Waals surface area contributed by atoms with Gasteiger partial charge in [0.1, 0.15) is 0 Å². The first-order valence-electron chi connectivity index (χ1n) is 3.88. The number of hydrogen-bond donors (Lipinski definition) is 2. The van der Waals surface area contributed by atoms with Crippen LogP contribution in [-0.4, -0.2) is 36.0 Å². The molecule has 7 heteroatoms. The lowest BCUT2D eigenvalue weighted by atomic mass is 10.2. The Labute approximate surface area is 78.1 Å². The van der Waals surface area contributed by atoms with Crippen molar-refractivity contribution >= 4 is 5.97 Å². The third-order valence-electron chi connectivity index (χ3n) is 1.52. The van der Waals surface area contributed by atoms with Crippen LogP contribution in [0.4, 0.5) is 17.6 Å². The van der Waals surface area contributed by atoms with Crippen LogP contribution in [0.2, 0.25) is 0 Å². The molecular formula is C7H11F4NO2. The summed E-state index contributed by atoms with van der Waals surface area (Å²) < 4.78 is 48.2. The lowest BCUT2D eigenvalue weighted by Gasteiger charge is -2.16. The van der Waals surface area contributed by atoms with Crippen LogP contribution in [0.15, 0.2) is 0 Å². The second-order valence-corrected chi connectivity index (χ2v) is 2.92. The van der Waals surface area contributed by atoms with Crippen LogP contribution >= 0.6 is 0 Å². The van der Waals surface area contributed by atoms with E-state index in [9.17, 15) is 22.4 Å². The molecule has 0 fully saturated rings. The van der Waals surface area contributed by atoms with E-state index in [2.05, 4.69) is 0 Å². The van der Waals surface area contributed by atoms with Gasteiger partial charge in [-0.25, -0.2) is 13.6 Å². The summed E-state index contributed by atoms with van der Waals surface area (Å²) in [6.45, 7) is 0.139. The maximum atomic E-state index is 12.4. The molecule has 0 heterocycles. The van der Waals surface area contributed by atoms with E-state index >= 15 is 0 Å². The van der Waals surface area contributed by atoms with Crippen molar-refractivity contribution in [3.8, 4) is 0 Å². The number of rotatable bonds is 6. The highest BCUT2D eigenvalue weighted by atomic mass is 19.3. The predicted octanol–water partition coefficient (Wildman–Crippen LogP) is 1.34. The molecule has 0 saturated heterocycles. The summed E-state index contributed by atoms with van der Waals surface area (Å²) in [5.41, 5.74) is 0. The van der Waals surface area contributed by atoms with Gasteiger partial charge in [0.2, 0.25) is 6.43 Å². The molecule has 14 heavy (non-hydrogen) atoms. The van der Waals surface area contributed by atoms with E-state index in [-0.39, 0.29) is 0 Å². The minimum atomic E-state index is -3.92. The molecule has 84 valence electrons. The van der Waals surface area contributed by atoms with Crippen LogP contribution < -0.4 is 5.32 Å². The van der Waals surface area contributed by atoms with E-state index in [0.717, 1.165) is 0 Å². The SMILES string of the molecule is CC(CC(F)F)NCC(F)(F)C(=O)O. The summed E-state index contributed by atoms with van der Waals surface area (Å²) in [5, 5.41) is 10.0. The number of halogens is 4. The van der Waals surface area contributed by atoms with Gasteiger partial charge in [-0.3, -0.25) is 0 Å². The molecule has 0 aromatic heterocycles. The summed E-state index contributed by atoms with van der Waals surface area (Å²) in [6, 6.07) is -0.847. The van der Waals surface area contributed by atoms with Gasteiger partial charge in [0, 0.05) is 12.5 Å². The highest BCUT2D eigenvalue weighted by Crippen LogP contribution is 2.12. The second-order valence-electron chi connectivity index (χ2n) is 2.92. The third-order valence-corrected chi connectivity index (χ3v) is 1.52. The molecule has 0 rings (SSSR count). The van der Waals surface area contributed by atoms with Gasteiger partial charge in [0.25, 0.3) is 0 Å². The predicted molar refractivity (Wildman–Crippen MR) is 40.7 cm³/mol. The standard InChI is InChI=1S/C7H11F4NO2/c1-4(2-5(8)9)12-3-7(10,11)6(13)14/h4-5,12H,2-3H2,1H3,(H,13,14). The van der Waals surface area contributed by atoms with Crippen molar-refractivity contribution < 1.29 is 27.5 Å². The van der Waals surface area contributed by atoms with Crippen molar-refractivity contribution in [2.45, 2.75) is 31.7 Å². The Hall–Kier alpha value is -0.850. The Kier molecular flexibility index (Phi) is 4.82. The fourth-order valence-corrected chi connectivity index (χ4v) is 0.729. The van der Waals surface area contributed by atoms with Crippen molar-refractivity contribution in [3.63, 3.8) is 0 Å². The molecule has 0 aliphatic carbocycles. The Bertz CT molecular complexity index is 198. The number of aliphatic carboxylic acids is 1. The molecule has 2 N–H and O–H groups in total. The fraction of sp³-hybridized carbons (Fsp3) is 0.857. The number of carboxylic acid groups (broad SMARTS) is 1. The molecule has 0 aliphatic rings. The number of carboxylic acids is 1. The van der Waals surface area contributed by atoms with Gasteiger partial charge in [-0.2, -0.15) is 8.78 Å². The quantitative estimate of drug-likeness (QED) is 0.660. The first-order valence-corrected chi connectivity index (χ1v) is 3.88. The van der Waals surface area contributed by atoms with E-state index in [1.165, 1.54) is 6.92 Å². The zero-order valence-corrected chi connectivity index (χ0v) is 7.44. The van der Waals surface area contributed by atoms with E-state index in [1.807, 2.05) is 5.32 Å². The molecule has 0 saturated carbocycles. The molecule has 0 spiro atoms. The number of carbonyl (C=O) groups is 1. The van der Waals surface area contributed by atoms with Gasteiger partial charge in [0.05, 0.1) is 6.54 Å². The average molecular weight is 217 g/mol. The minimum Gasteiger partial charge on any atom is -0.477 e. The molecule has 1 unspecified atom stereocenters. The Balaban J connectivity index is 3.87. The minimum absolute atomic E-state index is 0.588. The van der Waals surface area contributed by atoms with E-state index in [0.29, 0.717) is 0 Å². The van der Waals surface area contributed by atoms with E-state index in [1.54, 1.807) is 0 Å². The van der Waals surface area contributed by atoms with E-state index in [4.69, 9.17) is 5.11 Å². The number of alkyl halides is 4. The van der Waals surface area contributed by atoms with E-state index < -0.39 is 37.3 Å². The van der Waals surface area contributed by atoms with Crippen LogP contribution in [0, 0.1) is 0 Å². The fourth-order valence-electron chi connectivity index (χ4n) is 0.729. The van der Waals surface area contributed by atoms with Gasteiger partial charge in [-0.1, -0.05) is 0 Å². The van der Waals surface area contributed by atoms with Gasteiger partial charge in [0.15, 0.2) is 0 Å². The normalized spacial score (nSPS) is 14.4. The zero-order valence-electron chi connectivity index (χ0n) is 7.44. The first-order chi connectivity index (χ1) is 6.25. The number of nitrogens with one attached hydrogen (secondary N) is 1. The van der Waals surface area contributed by atoms with Gasteiger partial charge >= 0.3 is 11.9 Å². The van der Waals surface area contributed by atoms with Crippen molar-refractivity contribution in [1.82, 2.24) is 5.32 Å². The summed E-state index contributed by atoms with van der Waals surface area (Å²) in [5.74, 6) is -6.19. The molecule has 1 atom stereocenters. The zero-order chi connectivity index (χ0) is 11.4. The van der Waals surface area contributed by atoms with Crippen molar-refractivity contribution in [1.29, 1.82) is 0 Å². The molecule has 0 bridgehead atoms. The van der Waals surface area contributed by atoms with Gasteiger partial charge < -0.3 is 10.4 Å². The maximum Gasteiger partial charge on any atom is 0.375 e. The van der Waals surface area contributed by atoms with Crippen molar-refractivity contribution in [3.05, 3.63) is 0 Å². The van der Waals surface area contributed by atoms with Gasteiger partial charge in [-0.05, 0) is 6.92 Å². The second kappa shape index (κ2) is 5.14. The van der Waals surface area contributed by atoms with Gasteiger partial charge in [-0.15, -0.1) is 0 Å². The third kappa shape index (κ3) is 5.00. The summed E-state index contributed by atoms with van der Waals surface area (Å²) in [7, 11) is 0. The monoisotopic (exact) mass is 217 g/mol. The van der Waals surface area contributed by atoms with Crippen LogP contribution in [0.3, 0.4) is 0 Å². The lowest BCUT2D eigenvalue weighted by Crippen LogP contribution is -2.43. The van der Waals surface area contributed by atoms with Crippen molar-refractivity contribution in [2.75, 3.05) is 6.54 Å². The Morgan fingerprint density at radius 2 is 2.00 bits per heavy atom. The highest BCUT2D eigenvalue weighted by Gasteiger charge is 2.38. The van der Waals surface area contributed by atoms with Crippen LogP contribution in [0.5, 0.6) is 0 Å². The van der Waals surface area contributed by atoms with Crippen LogP contribution in [-0.2, 0) is 4.79 Å². The molecule has 0 amide bonds. The number of hydrogen-bond acceptors (Lipinski definition) is 2. The summed E-state index contributed by atoms with van der Waals surface area (Å²) >= 11 is 0. The smallest absolute Gasteiger partial charge is 0.375 e. The molecule has 3 nitrogen and oxygen atoms in total. The van der Waals surface area contributed by atoms with Crippen LogP contribution in [0.25, 0.3) is 0 Å². The highest BCUT2D eigenvalue weighted by molar-refractivity contribution is 5.75. The van der Waals surface area contributed by atoms with Crippen molar-refractivity contribution in [2.24, 2.45) is 0 Å². The molecule has 0 radical (unpaired) electrons. The maximum absolute atomic E-state index is 12.4. The molecule has 0 aliphatic heterocycles. The Morgan fingerprint density at radius 3 is 2.36 bits per heavy atom. The first kappa shape index (κ1) is 13.2. The van der Waals surface area contributed by atoms with Crippen LogP contribution in [0.1, 0.15) is 13.3 Å². The molecule has 0 aromatic rings. The topological polar surface area (TPSA) is 49.3 Å². The average Bonchev–Trinajstić information content (AvgIpc) is 1.99. The molecular weight excluding hydrogens is 206 g/mol. The Morgan fingerprint density at radius 1 is 1.50 bits per heavy atom.